The van der Waals surface area contributed by atoms with Gasteiger partial charge in [-0.2, -0.15) is 0 Å². The molecule has 0 aromatic heterocycles. The summed E-state index contributed by atoms with van der Waals surface area (Å²) in [6, 6.07) is 14.8. The molecule has 2 nitrogen and oxygen atoms in total. The van der Waals surface area contributed by atoms with E-state index in [4.69, 9.17) is 4.74 Å². The summed E-state index contributed by atoms with van der Waals surface area (Å²) < 4.78 is 5.91. The maximum Gasteiger partial charge on any atom is 0.119 e. The third-order valence-corrected chi connectivity index (χ3v) is 4.35. The molecule has 0 spiro atoms. The van der Waals surface area contributed by atoms with Crippen molar-refractivity contribution in [1.29, 1.82) is 0 Å². The van der Waals surface area contributed by atoms with Crippen molar-refractivity contribution >= 4 is 10.8 Å². The minimum atomic E-state index is 0.809. The Bertz CT molecular complexity index is 581. The van der Waals surface area contributed by atoms with E-state index in [0.29, 0.717) is 0 Å². The first kappa shape index (κ1) is 14.4. The lowest BCUT2D eigenvalue weighted by Gasteiger charge is -2.30. The van der Waals surface area contributed by atoms with Crippen LogP contribution in [0.25, 0.3) is 10.8 Å². The average molecular weight is 283 g/mol. The quantitative estimate of drug-likeness (QED) is 0.757. The molecule has 1 fully saturated rings. The summed E-state index contributed by atoms with van der Waals surface area (Å²) in [7, 11) is 0. The molecule has 1 aliphatic rings. The molecule has 1 heterocycles. The molecule has 0 amide bonds. The van der Waals surface area contributed by atoms with E-state index in [1.807, 2.05) is 0 Å². The fourth-order valence-corrected chi connectivity index (χ4v) is 3.23. The van der Waals surface area contributed by atoms with Crippen LogP contribution >= 0.6 is 0 Å². The van der Waals surface area contributed by atoms with Crippen molar-refractivity contribution in [2.75, 3.05) is 26.2 Å². The van der Waals surface area contributed by atoms with Crippen LogP contribution in [-0.4, -0.2) is 31.1 Å². The summed E-state index contributed by atoms with van der Waals surface area (Å²) in [5.74, 6) is 1.85. The van der Waals surface area contributed by atoms with Crippen LogP contribution in [0.15, 0.2) is 42.5 Å². The lowest BCUT2D eigenvalue weighted by molar-refractivity contribution is 0.170. The van der Waals surface area contributed by atoms with Crippen molar-refractivity contribution in [1.82, 2.24) is 4.90 Å². The normalized spacial score (nSPS) is 19.8. The van der Waals surface area contributed by atoms with E-state index in [-0.39, 0.29) is 0 Å². The van der Waals surface area contributed by atoms with E-state index in [9.17, 15) is 0 Å². The van der Waals surface area contributed by atoms with Gasteiger partial charge in [-0.1, -0.05) is 37.3 Å². The van der Waals surface area contributed by atoms with E-state index in [2.05, 4.69) is 54.3 Å². The first-order chi connectivity index (χ1) is 10.3. The predicted molar refractivity (Wildman–Crippen MR) is 88.9 cm³/mol. The van der Waals surface area contributed by atoms with Gasteiger partial charge in [0.25, 0.3) is 0 Å². The molecule has 2 aromatic carbocycles. The number of piperidine rings is 1. The molecule has 2 heteroatoms. The number of fused-ring (bicyclic) bond motifs is 1. The smallest absolute Gasteiger partial charge is 0.119 e. The highest BCUT2D eigenvalue weighted by Gasteiger charge is 2.15. The summed E-state index contributed by atoms with van der Waals surface area (Å²) in [4.78, 5) is 2.58. The standard InChI is InChI=1S/C19H25NO/c1-16-6-4-11-20(15-16)12-5-13-21-19-10-9-17-7-2-3-8-18(17)14-19/h2-3,7-10,14,16H,4-6,11-13,15H2,1H3. The third-order valence-electron chi connectivity index (χ3n) is 4.35. The van der Waals surface area contributed by atoms with Crippen molar-refractivity contribution in [3.05, 3.63) is 42.5 Å². The Morgan fingerprint density at radius 1 is 1.14 bits per heavy atom. The highest BCUT2D eigenvalue weighted by Crippen LogP contribution is 2.21. The Kier molecular flexibility index (Phi) is 4.76. The van der Waals surface area contributed by atoms with Gasteiger partial charge in [-0.05, 0) is 54.6 Å². The molecule has 1 aliphatic heterocycles. The average Bonchev–Trinajstić information content (AvgIpc) is 2.51. The Hall–Kier alpha value is -1.54. The summed E-state index contributed by atoms with van der Waals surface area (Å²) >= 11 is 0. The molecule has 1 atom stereocenters. The molecule has 21 heavy (non-hydrogen) atoms. The highest BCUT2D eigenvalue weighted by atomic mass is 16.5. The van der Waals surface area contributed by atoms with E-state index in [1.54, 1.807) is 0 Å². The van der Waals surface area contributed by atoms with Gasteiger partial charge >= 0.3 is 0 Å². The second kappa shape index (κ2) is 6.95. The summed E-state index contributed by atoms with van der Waals surface area (Å²) in [5.41, 5.74) is 0. The number of benzene rings is 2. The molecule has 1 saturated heterocycles. The van der Waals surface area contributed by atoms with Crippen LogP contribution < -0.4 is 4.74 Å². The van der Waals surface area contributed by atoms with Crippen LogP contribution in [0.2, 0.25) is 0 Å². The molecule has 0 N–H and O–H groups in total. The van der Waals surface area contributed by atoms with Crippen LogP contribution in [0.5, 0.6) is 5.75 Å². The van der Waals surface area contributed by atoms with Gasteiger partial charge in [0.15, 0.2) is 0 Å². The van der Waals surface area contributed by atoms with E-state index in [0.717, 1.165) is 31.2 Å². The van der Waals surface area contributed by atoms with Crippen molar-refractivity contribution in [3.8, 4) is 5.75 Å². The van der Waals surface area contributed by atoms with Crippen LogP contribution in [0.3, 0.4) is 0 Å². The van der Waals surface area contributed by atoms with Crippen molar-refractivity contribution < 1.29 is 4.74 Å². The van der Waals surface area contributed by atoms with E-state index < -0.39 is 0 Å². The zero-order chi connectivity index (χ0) is 14.5. The van der Waals surface area contributed by atoms with Crippen LogP contribution in [0.1, 0.15) is 26.2 Å². The van der Waals surface area contributed by atoms with E-state index in [1.165, 1.54) is 36.7 Å². The number of ether oxygens (including phenoxy) is 1. The molecule has 0 aliphatic carbocycles. The fraction of sp³-hybridized carbons (Fsp3) is 0.474. The summed E-state index contributed by atoms with van der Waals surface area (Å²) in [6.45, 7) is 6.86. The molecular weight excluding hydrogens is 258 g/mol. The SMILES string of the molecule is CC1CCCN(CCCOc2ccc3ccccc3c2)C1. The molecule has 2 aromatic rings. The first-order valence-electron chi connectivity index (χ1n) is 8.15. The van der Waals surface area contributed by atoms with Gasteiger partial charge in [-0.25, -0.2) is 0 Å². The highest BCUT2D eigenvalue weighted by molar-refractivity contribution is 5.83. The fourth-order valence-electron chi connectivity index (χ4n) is 3.23. The van der Waals surface area contributed by atoms with Gasteiger partial charge in [-0.15, -0.1) is 0 Å². The number of nitrogens with zero attached hydrogens (tertiary/aromatic N) is 1. The zero-order valence-corrected chi connectivity index (χ0v) is 12.9. The Morgan fingerprint density at radius 3 is 2.86 bits per heavy atom. The Morgan fingerprint density at radius 2 is 2.00 bits per heavy atom. The van der Waals surface area contributed by atoms with Crippen LogP contribution in [-0.2, 0) is 0 Å². The zero-order valence-electron chi connectivity index (χ0n) is 12.9. The van der Waals surface area contributed by atoms with Crippen LogP contribution in [0, 0.1) is 5.92 Å². The summed E-state index contributed by atoms with van der Waals surface area (Å²) in [6.07, 6.45) is 3.86. The predicted octanol–water partition coefficient (Wildman–Crippen LogP) is 4.34. The Labute approximate surface area is 127 Å². The molecule has 112 valence electrons. The van der Waals surface area contributed by atoms with Gasteiger partial charge in [0.2, 0.25) is 0 Å². The number of hydrogen-bond donors (Lipinski definition) is 0. The lowest BCUT2D eigenvalue weighted by atomic mass is 10.0. The molecule has 0 radical (unpaired) electrons. The third kappa shape index (κ3) is 3.98. The van der Waals surface area contributed by atoms with Crippen molar-refractivity contribution in [2.24, 2.45) is 5.92 Å². The topological polar surface area (TPSA) is 12.5 Å². The number of rotatable bonds is 5. The minimum Gasteiger partial charge on any atom is -0.494 e. The van der Waals surface area contributed by atoms with Gasteiger partial charge in [-0.3, -0.25) is 0 Å². The van der Waals surface area contributed by atoms with Gasteiger partial charge < -0.3 is 9.64 Å². The molecule has 3 rings (SSSR count). The number of hydrogen-bond acceptors (Lipinski definition) is 2. The molecular formula is C19H25NO. The summed E-state index contributed by atoms with van der Waals surface area (Å²) in [5, 5.41) is 2.52. The Balaban J connectivity index is 1.46. The maximum atomic E-state index is 5.91. The molecule has 1 unspecified atom stereocenters. The minimum absolute atomic E-state index is 0.809. The monoisotopic (exact) mass is 283 g/mol. The van der Waals surface area contributed by atoms with Crippen molar-refractivity contribution in [2.45, 2.75) is 26.2 Å². The second-order valence-corrected chi connectivity index (χ2v) is 6.26. The van der Waals surface area contributed by atoms with E-state index >= 15 is 0 Å². The van der Waals surface area contributed by atoms with Gasteiger partial charge in [0.05, 0.1) is 6.61 Å². The van der Waals surface area contributed by atoms with Gasteiger partial charge in [0, 0.05) is 13.1 Å². The molecule has 0 saturated carbocycles. The number of likely N-dealkylation sites (tertiary alicyclic amines) is 1. The second-order valence-electron chi connectivity index (χ2n) is 6.26. The largest absolute Gasteiger partial charge is 0.494 e. The first-order valence-corrected chi connectivity index (χ1v) is 8.15. The van der Waals surface area contributed by atoms with Crippen LogP contribution in [0.4, 0.5) is 0 Å². The van der Waals surface area contributed by atoms with Crippen molar-refractivity contribution in [3.63, 3.8) is 0 Å². The lowest BCUT2D eigenvalue weighted by Crippen LogP contribution is -2.35. The maximum absolute atomic E-state index is 5.91. The molecule has 0 bridgehead atoms. The van der Waals surface area contributed by atoms with Gasteiger partial charge in [0.1, 0.15) is 5.75 Å².